The first-order chi connectivity index (χ1) is 8.83. The molecular formula is C14H15ClN2O. The van der Waals surface area contributed by atoms with Crippen LogP contribution in [0, 0.1) is 0 Å². The minimum Gasteiger partial charge on any atom is -0.352 e. The van der Waals surface area contributed by atoms with Gasteiger partial charge in [-0.1, -0.05) is 18.2 Å². The average Bonchev–Trinajstić information content (AvgIpc) is 2.43. The summed E-state index contributed by atoms with van der Waals surface area (Å²) in [6.45, 7) is 0.648. The number of aromatic nitrogens is 1. The van der Waals surface area contributed by atoms with E-state index in [0.717, 1.165) is 23.7 Å². The van der Waals surface area contributed by atoms with Crippen LogP contribution in [0.4, 0.5) is 0 Å². The molecule has 2 aromatic rings. The molecule has 0 aliphatic rings. The summed E-state index contributed by atoms with van der Waals surface area (Å²) in [6, 6.07) is 9.44. The molecule has 0 saturated carbocycles. The lowest BCUT2D eigenvalue weighted by Gasteiger charge is -2.06. The lowest BCUT2D eigenvalue weighted by molar-refractivity contribution is 0.0954. The van der Waals surface area contributed by atoms with Crippen molar-refractivity contribution >= 4 is 28.4 Å². The lowest BCUT2D eigenvalue weighted by atomic mass is 10.1. The molecule has 0 unspecified atom stereocenters. The summed E-state index contributed by atoms with van der Waals surface area (Å²) < 4.78 is 0. The van der Waals surface area contributed by atoms with Crippen LogP contribution in [0.3, 0.4) is 0 Å². The maximum atomic E-state index is 12.0. The number of benzene rings is 1. The maximum Gasteiger partial charge on any atom is 0.253 e. The van der Waals surface area contributed by atoms with E-state index in [1.807, 2.05) is 24.3 Å². The Kier molecular flexibility index (Phi) is 4.53. The molecule has 1 aromatic carbocycles. The van der Waals surface area contributed by atoms with Crippen LogP contribution < -0.4 is 5.32 Å². The molecule has 0 aliphatic carbocycles. The Morgan fingerprint density at radius 2 is 2.06 bits per heavy atom. The van der Waals surface area contributed by atoms with Gasteiger partial charge >= 0.3 is 0 Å². The highest BCUT2D eigenvalue weighted by atomic mass is 35.5. The van der Waals surface area contributed by atoms with Crippen molar-refractivity contribution in [2.45, 2.75) is 12.8 Å². The van der Waals surface area contributed by atoms with E-state index >= 15 is 0 Å². The summed E-state index contributed by atoms with van der Waals surface area (Å²) in [7, 11) is 0. The molecule has 3 nitrogen and oxygen atoms in total. The summed E-state index contributed by atoms with van der Waals surface area (Å²) in [5, 5.41) is 3.87. The molecule has 94 valence electrons. The van der Waals surface area contributed by atoms with Gasteiger partial charge in [-0.2, -0.15) is 0 Å². The number of unbranched alkanes of at least 4 members (excludes halogenated alkanes) is 1. The van der Waals surface area contributed by atoms with E-state index in [2.05, 4.69) is 10.3 Å². The second kappa shape index (κ2) is 6.36. The van der Waals surface area contributed by atoms with Crippen molar-refractivity contribution in [2.75, 3.05) is 12.4 Å². The number of halogens is 1. The van der Waals surface area contributed by atoms with Gasteiger partial charge in [0.05, 0.1) is 11.1 Å². The monoisotopic (exact) mass is 262 g/mol. The van der Waals surface area contributed by atoms with Crippen LogP contribution in [-0.2, 0) is 0 Å². The minimum atomic E-state index is -0.0751. The normalized spacial score (nSPS) is 10.5. The molecule has 0 spiro atoms. The summed E-state index contributed by atoms with van der Waals surface area (Å²) >= 11 is 5.59. The van der Waals surface area contributed by atoms with Gasteiger partial charge in [-0.15, -0.1) is 11.6 Å². The van der Waals surface area contributed by atoms with Crippen LogP contribution in [0.1, 0.15) is 23.2 Å². The standard InChI is InChI=1S/C14H15ClN2O/c15-8-1-2-9-17-14(18)12-7-3-5-11-6-4-10-16-13(11)12/h3-7,10H,1-2,8-9H2,(H,17,18). The van der Waals surface area contributed by atoms with Crippen molar-refractivity contribution in [2.24, 2.45) is 0 Å². The fraction of sp³-hybridized carbons (Fsp3) is 0.286. The molecular weight excluding hydrogens is 248 g/mol. The van der Waals surface area contributed by atoms with Crippen molar-refractivity contribution in [3.63, 3.8) is 0 Å². The third-order valence-corrected chi connectivity index (χ3v) is 2.99. The third kappa shape index (κ3) is 2.99. The Balaban J connectivity index is 2.13. The first-order valence-corrected chi connectivity index (χ1v) is 6.54. The Hall–Kier alpha value is -1.61. The van der Waals surface area contributed by atoms with Gasteiger partial charge < -0.3 is 5.32 Å². The first-order valence-electron chi connectivity index (χ1n) is 6.01. The van der Waals surface area contributed by atoms with Gasteiger partial charge in [0.2, 0.25) is 0 Å². The van der Waals surface area contributed by atoms with Crippen LogP contribution in [0.2, 0.25) is 0 Å². The number of rotatable bonds is 5. The summed E-state index contributed by atoms with van der Waals surface area (Å²) in [4.78, 5) is 16.3. The number of carbonyl (C=O) groups is 1. The van der Waals surface area contributed by atoms with Gasteiger partial charge in [-0.25, -0.2) is 0 Å². The first kappa shape index (κ1) is 12.8. The van der Waals surface area contributed by atoms with E-state index in [9.17, 15) is 4.79 Å². The molecule has 4 heteroatoms. The predicted molar refractivity (Wildman–Crippen MR) is 74.0 cm³/mol. The number of fused-ring (bicyclic) bond motifs is 1. The van der Waals surface area contributed by atoms with Gasteiger partial charge in [0.15, 0.2) is 0 Å². The highest BCUT2D eigenvalue weighted by Gasteiger charge is 2.09. The Labute approximate surface area is 111 Å². The molecule has 1 aromatic heterocycles. The number of nitrogens with one attached hydrogen (secondary N) is 1. The van der Waals surface area contributed by atoms with E-state index in [-0.39, 0.29) is 5.91 Å². The van der Waals surface area contributed by atoms with E-state index in [4.69, 9.17) is 11.6 Å². The average molecular weight is 263 g/mol. The van der Waals surface area contributed by atoms with Gasteiger partial charge in [0.25, 0.3) is 5.91 Å². The highest BCUT2D eigenvalue weighted by Crippen LogP contribution is 2.15. The van der Waals surface area contributed by atoms with Crippen molar-refractivity contribution in [3.8, 4) is 0 Å². The van der Waals surface area contributed by atoms with Crippen LogP contribution in [-0.4, -0.2) is 23.3 Å². The molecule has 2 rings (SSSR count). The largest absolute Gasteiger partial charge is 0.352 e. The van der Waals surface area contributed by atoms with Gasteiger partial charge in [-0.3, -0.25) is 9.78 Å². The van der Waals surface area contributed by atoms with Crippen LogP contribution in [0.5, 0.6) is 0 Å². The highest BCUT2D eigenvalue weighted by molar-refractivity contribution is 6.17. The number of nitrogens with zero attached hydrogens (tertiary/aromatic N) is 1. The Bertz CT molecular complexity index is 537. The van der Waals surface area contributed by atoms with Crippen molar-refractivity contribution in [3.05, 3.63) is 42.1 Å². The van der Waals surface area contributed by atoms with Crippen molar-refractivity contribution < 1.29 is 4.79 Å². The number of hydrogen-bond donors (Lipinski definition) is 1. The molecule has 0 bridgehead atoms. The summed E-state index contributed by atoms with van der Waals surface area (Å²) in [5.74, 6) is 0.556. The zero-order valence-electron chi connectivity index (χ0n) is 10.0. The second-order valence-corrected chi connectivity index (χ2v) is 4.41. The fourth-order valence-corrected chi connectivity index (χ4v) is 1.99. The maximum absolute atomic E-state index is 12.0. The molecule has 18 heavy (non-hydrogen) atoms. The van der Waals surface area contributed by atoms with Crippen molar-refractivity contribution in [1.29, 1.82) is 0 Å². The summed E-state index contributed by atoms with van der Waals surface area (Å²) in [5.41, 5.74) is 1.37. The zero-order chi connectivity index (χ0) is 12.8. The fourth-order valence-electron chi connectivity index (χ4n) is 1.80. The molecule has 1 N–H and O–H groups in total. The zero-order valence-corrected chi connectivity index (χ0v) is 10.8. The van der Waals surface area contributed by atoms with Crippen LogP contribution in [0.25, 0.3) is 10.9 Å². The van der Waals surface area contributed by atoms with E-state index in [1.54, 1.807) is 12.3 Å². The smallest absolute Gasteiger partial charge is 0.253 e. The summed E-state index contributed by atoms with van der Waals surface area (Å²) in [6.07, 6.45) is 3.51. The van der Waals surface area contributed by atoms with E-state index in [0.29, 0.717) is 18.0 Å². The molecule has 1 amide bonds. The predicted octanol–water partition coefficient (Wildman–Crippen LogP) is 2.98. The van der Waals surface area contributed by atoms with Crippen molar-refractivity contribution in [1.82, 2.24) is 10.3 Å². The molecule has 0 radical (unpaired) electrons. The number of para-hydroxylation sites is 1. The third-order valence-electron chi connectivity index (χ3n) is 2.72. The van der Waals surface area contributed by atoms with Crippen LogP contribution >= 0.6 is 11.6 Å². The molecule has 0 aliphatic heterocycles. The van der Waals surface area contributed by atoms with E-state index < -0.39 is 0 Å². The number of amides is 1. The molecule has 0 saturated heterocycles. The van der Waals surface area contributed by atoms with Crippen LogP contribution in [0.15, 0.2) is 36.5 Å². The molecule has 0 atom stereocenters. The number of hydrogen-bond acceptors (Lipinski definition) is 2. The topological polar surface area (TPSA) is 42.0 Å². The number of pyridine rings is 1. The quantitative estimate of drug-likeness (QED) is 0.665. The Morgan fingerprint density at radius 3 is 2.89 bits per heavy atom. The molecule has 1 heterocycles. The Morgan fingerprint density at radius 1 is 1.22 bits per heavy atom. The number of alkyl halides is 1. The van der Waals surface area contributed by atoms with Gasteiger partial charge in [0.1, 0.15) is 0 Å². The second-order valence-electron chi connectivity index (χ2n) is 4.03. The number of carbonyl (C=O) groups excluding carboxylic acids is 1. The van der Waals surface area contributed by atoms with E-state index in [1.165, 1.54) is 0 Å². The van der Waals surface area contributed by atoms with Gasteiger partial charge in [0, 0.05) is 24.0 Å². The SMILES string of the molecule is O=C(NCCCCCl)c1cccc2cccnc12. The lowest BCUT2D eigenvalue weighted by Crippen LogP contribution is -2.24. The minimum absolute atomic E-state index is 0.0751. The van der Waals surface area contributed by atoms with Gasteiger partial charge in [-0.05, 0) is 25.0 Å². The molecule has 0 fully saturated rings.